The first-order chi connectivity index (χ1) is 11.6. The van der Waals surface area contributed by atoms with Gasteiger partial charge in [-0.3, -0.25) is 0 Å². The Bertz CT molecular complexity index is 848. The third-order valence-corrected chi connectivity index (χ3v) is 3.55. The van der Waals surface area contributed by atoms with Gasteiger partial charge in [0, 0.05) is 23.9 Å². The maximum absolute atomic E-state index is 13.7. The van der Waals surface area contributed by atoms with Crippen molar-refractivity contribution in [1.29, 1.82) is 0 Å². The molecule has 0 fully saturated rings. The number of nitrogens with zero attached hydrogens (tertiary/aromatic N) is 2. The largest absolute Gasteiger partial charge is 0.366 e. The molecule has 0 saturated carbocycles. The number of benzene rings is 2. The zero-order valence-electron chi connectivity index (χ0n) is 13.7. The standard InChI is InChI=1S/C19H19FN4/c1-13-6-5-8-16(10-13)24-19-11-18(22-14(2)23-19)21-12-15-7-3-4-9-17(15)20/h3-11H,12H2,1-2H3,(H2,21,22,23,24). The Morgan fingerprint density at radius 2 is 1.71 bits per heavy atom. The monoisotopic (exact) mass is 322 g/mol. The third-order valence-electron chi connectivity index (χ3n) is 3.55. The molecular formula is C19H19FN4. The van der Waals surface area contributed by atoms with Crippen molar-refractivity contribution in [2.24, 2.45) is 0 Å². The number of aromatic nitrogens is 2. The Hall–Kier alpha value is -2.95. The van der Waals surface area contributed by atoms with Crippen molar-refractivity contribution in [2.45, 2.75) is 20.4 Å². The van der Waals surface area contributed by atoms with Crippen LogP contribution in [-0.4, -0.2) is 9.97 Å². The first kappa shape index (κ1) is 15.9. The normalized spacial score (nSPS) is 10.5. The summed E-state index contributed by atoms with van der Waals surface area (Å²) in [6.07, 6.45) is 0. The predicted octanol–water partition coefficient (Wildman–Crippen LogP) is 4.59. The second kappa shape index (κ2) is 7.08. The molecule has 0 spiro atoms. The highest BCUT2D eigenvalue weighted by Gasteiger charge is 2.05. The zero-order valence-corrected chi connectivity index (χ0v) is 13.7. The average Bonchev–Trinajstić information content (AvgIpc) is 2.53. The van der Waals surface area contributed by atoms with Crippen LogP contribution in [0.25, 0.3) is 0 Å². The summed E-state index contributed by atoms with van der Waals surface area (Å²) in [7, 11) is 0. The van der Waals surface area contributed by atoms with E-state index in [4.69, 9.17) is 0 Å². The van der Waals surface area contributed by atoms with Gasteiger partial charge in [0.1, 0.15) is 23.3 Å². The number of aryl methyl sites for hydroxylation is 2. The van der Waals surface area contributed by atoms with Crippen molar-refractivity contribution >= 4 is 17.3 Å². The van der Waals surface area contributed by atoms with Crippen LogP contribution < -0.4 is 10.6 Å². The highest BCUT2D eigenvalue weighted by atomic mass is 19.1. The van der Waals surface area contributed by atoms with Crippen LogP contribution in [0.15, 0.2) is 54.6 Å². The molecule has 0 saturated heterocycles. The molecule has 5 heteroatoms. The lowest BCUT2D eigenvalue weighted by atomic mass is 10.2. The first-order valence-electron chi connectivity index (χ1n) is 7.77. The number of hydrogen-bond donors (Lipinski definition) is 2. The second-order valence-corrected chi connectivity index (χ2v) is 5.63. The number of hydrogen-bond acceptors (Lipinski definition) is 4. The third kappa shape index (κ3) is 4.07. The number of halogens is 1. The molecule has 4 nitrogen and oxygen atoms in total. The van der Waals surface area contributed by atoms with Gasteiger partial charge < -0.3 is 10.6 Å². The molecule has 3 rings (SSSR count). The van der Waals surface area contributed by atoms with Crippen LogP contribution in [0.5, 0.6) is 0 Å². The van der Waals surface area contributed by atoms with E-state index in [2.05, 4.69) is 20.6 Å². The van der Waals surface area contributed by atoms with Crippen LogP contribution >= 0.6 is 0 Å². The van der Waals surface area contributed by atoms with E-state index in [0.717, 1.165) is 5.69 Å². The molecule has 0 aliphatic rings. The van der Waals surface area contributed by atoms with Gasteiger partial charge in [-0.2, -0.15) is 0 Å². The first-order valence-corrected chi connectivity index (χ1v) is 7.77. The second-order valence-electron chi connectivity index (χ2n) is 5.63. The molecular weight excluding hydrogens is 303 g/mol. The fourth-order valence-electron chi connectivity index (χ4n) is 2.42. The van der Waals surface area contributed by atoms with Crippen LogP contribution in [0, 0.1) is 19.7 Å². The van der Waals surface area contributed by atoms with Gasteiger partial charge in [0.2, 0.25) is 0 Å². The fourth-order valence-corrected chi connectivity index (χ4v) is 2.42. The van der Waals surface area contributed by atoms with Gasteiger partial charge in [-0.25, -0.2) is 14.4 Å². The molecule has 0 radical (unpaired) electrons. The minimum atomic E-state index is -0.228. The highest BCUT2D eigenvalue weighted by molar-refractivity contribution is 5.59. The van der Waals surface area contributed by atoms with Crippen LogP contribution in [0.3, 0.4) is 0 Å². The minimum absolute atomic E-state index is 0.228. The number of rotatable bonds is 5. The topological polar surface area (TPSA) is 49.8 Å². The van der Waals surface area contributed by atoms with E-state index in [1.807, 2.05) is 50.2 Å². The van der Waals surface area contributed by atoms with Crippen LogP contribution in [-0.2, 0) is 6.54 Å². The average molecular weight is 322 g/mol. The van der Waals surface area contributed by atoms with Crippen LogP contribution in [0.1, 0.15) is 17.0 Å². The molecule has 0 atom stereocenters. The van der Waals surface area contributed by atoms with Crippen molar-refractivity contribution in [3.8, 4) is 0 Å². The van der Waals surface area contributed by atoms with Gasteiger partial charge >= 0.3 is 0 Å². The quantitative estimate of drug-likeness (QED) is 0.721. The molecule has 0 unspecified atom stereocenters. The van der Waals surface area contributed by atoms with E-state index in [9.17, 15) is 4.39 Å². The molecule has 0 aliphatic heterocycles. The lowest BCUT2D eigenvalue weighted by Crippen LogP contribution is -2.06. The number of anilines is 3. The minimum Gasteiger partial charge on any atom is -0.366 e. The van der Waals surface area contributed by atoms with Gasteiger partial charge in [-0.1, -0.05) is 30.3 Å². The predicted molar refractivity (Wildman–Crippen MR) is 95.0 cm³/mol. The molecule has 0 aliphatic carbocycles. The highest BCUT2D eigenvalue weighted by Crippen LogP contribution is 2.19. The summed E-state index contributed by atoms with van der Waals surface area (Å²) in [6.45, 7) is 4.24. The SMILES string of the molecule is Cc1cccc(Nc2cc(NCc3ccccc3F)nc(C)n2)c1. The van der Waals surface area contributed by atoms with Crippen LogP contribution in [0.4, 0.5) is 21.7 Å². The summed E-state index contributed by atoms with van der Waals surface area (Å²) in [6, 6.07) is 16.6. The van der Waals surface area contributed by atoms with Gasteiger partial charge in [-0.15, -0.1) is 0 Å². The van der Waals surface area contributed by atoms with Crippen molar-refractivity contribution in [1.82, 2.24) is 9.97 Å². The van der Waals surface area contributed by atoms with E-state index in [1.54, 1.807) is 12.1 Å². The molecule has 1 heterocycles. The smallest absolute Gasteiger partial charge is 0.136 e. The van der Waals surface area contributed by atoms with Crippen molar-refractivity contribution < 1.29 is 4.39 Å². The van der Waals surface area contributed by atoms with E-state index in [-0.39, 0.29) is 5.82 Å². The van der Waals surface area contributed by atoms with Crippen LogP contribution in [0.2, 0.25) is 0 Å². The molecule has 3 aromatic rings. The van der Waals surface area contributed by atoms with Gasteiger partial charge in [0.25, 0.3) is 0 Å². The summed E-state index contributed by atoms with van der Waals surface area (Å²) < 4.78 is 13.7. The zero-order chi connectivity index (χ0) is 16.9. The molecule has 24 heavy (non-hydrogen) atoms. The van der Waals surface area contributed by atoms with Gasteiger partial charge in [0.05, 0.1) is 0 Å². The Morgan fingerprint density at radius 1 is 0.917 bits per heavy atom. The van der Waals surface area contributed by atoms with E-state index >= 15 is 0 Å². The summed E-state index contributed by atoms with van der Waals surface area (Å²) in [5.74, 6) is 1.77. The summed E-state index contributed by atoms with van der Waals surface area (Å²) in [5, 5.41) is 6.42. The van der Waals surface area contributed by atoms with Gasteiger partial charge in [0.15, 0.2) is 0 Å². The lowest BCUT2D eigenvalue weighted by molar-refractivity contribution is 0.613. The van der Waals surface area contributed by atoms with Crippen molar-refractivity contribution in [3.05, 3.63) is 77.4 Å². The Kier molecular flexibility index (Phi) is 4.70. The maximum Gasteiger partial charge on any atom is 0.136 e. The Labute approximate surface area is 140 Å². The molecule has 2 N–H and O–H groups in total. The molecule has 2 aromatic carbocycles. The Morgan fingerprint density at radius 3 is 2.50 bits per heavy atom. The molecule has 1 aromatic heterocycles. The van der Waals surface area contributed by atoms with Crippen molar-refractivity contribution in [2.75, 3.05) is 10.6 Å². The summed E-state index contributed by atoms with van der Waals surface area (Å²) >= 11 is 0. The summed E-state index contributed by atoms with van der Waals surface area (Å²) in [4.78, 5) is 8.75. The molecule has 122 valence electrons. The molecule has 0 amide bonds. The van der Waals surface area contributed by atoms with E-state index in [0.29, 0.717) is 29.6 Å². The summed E-state index contributed by atoms with van der Waals surface area (Å²) in [5.41, 5.74) is 2.73. The lowest BCUT2D eigenvalue weighted by Gasteiger charge is -2.11. The molecule has 0 bridgehead atoms. The fraction of sp³-hybridized carbons (Fsp3) is 0.158. The maximum atomic E-state index is 13.7. The number of nitrogens with one attached hydrogen (secondary N) is 2. The Balaban J connectivity index is 1.75. The van der Waals surface area contributed by atoms with E-state index in [1.165, 1.54) is 11.6 Å². The van der Waals surface area contributed by atoms with E-state index < -0.39 is 0 Å². The van der Waals surface area contributed by atoms with Gasteiger partial charge in [-0.05, 0) is 37.6 Å². The van der Waals surface area contributed by atoms with Crippen molar-refractivity contribution in [3.63, 3.8) is 0 Å².